The molecule has 1 aliphatic heterocycles. The predicted octanol–water partition coefficient (Wildman–Crippen LogP) is 3.60. The summed E-state index contributed by atoms with van der Waals surface area (Å²) in [7, 11) is 1.84. The number of carboxylic acid groups (broad SMARTS) is 1. The summed E-state index contributed by atoms with van der Waals surface area (Å²) in [5, 5.41) is 18.9. The monoisotopic (exact) mass is 406 g/mol. The van der Waals surface area contributed by atoms with E-state index in [1.165, 1.54) is 0 Å². The Morgan fingerprint density at radius 2 is 1.92 bits per heavy atom. The lowest BCUT2D eigenvalue weighted by molar-refractivity contribution is -0.136. The molecule has 0 bridgehead atoms. The van der Waals surface area contributed by atoms with Crippen molar-refractivity contribution >= 4 is 27.7 Å². The van der Waals surface area contributed by atoms with Gasteiger partial charge in [0.25, 0.3) is 0 Å². The first-order valence-electron chi connectivity index (χ1n) is 7.77. The lowest BCUT2D eigenvalue weighted by Gasteiger charge is -2.18. The summed E-state index contributed by atoms with van der Waals surface area (Å²) in [4.78, 5) is 11.4. The van der Waals surface area contributed by atoms with Crippen molar-refractivity contribution in [2.45, 2.75) is 25.9 Å². The number of halogens is 1. The fourth-order valence-electron chi connectivity index (χ4n) is 3.42. The van der Waals surface area contributed by atoms with Gasteiger partial charge in [0.1, 0.15) is 17.7 Å². The standard InChI is InChI=1S/C18H19BrN2O4/c1-8-12(9(2)25-15(8)18(23)24)14-13(16(19)21(3)17(14)20)10-4-6-11(22)7-5-10/h4-7,9,12,22H,20H2,1-3H3,(H,23,24). The molecule has 132 valence electrons. The Morgan fingerprint density at radius 3 is 2.44 bits per heavy atom. The van der Waals surface area contributed by atoms with Gasteiger partial charge in [-0.25, -0.2) is 4.79 Å². The van der Waals surface area contributed by atoms with E-state index in [9.17, 15) is 15.0 Å². The van der Waals surface area contributed by atoms with E-state index in [2.05, 4.69) is 15.9 Å². The van der Waals surface area contributed by atoms with Gasteiger partial charge in [0.05, 0.1) is 4.60 Å². The van der Waals surface area contributed by atoms with Gasteiger partial charge in [-0.3, -0.25) is 0 Å². The first kappa shape index (κ1) is 17.4. The van der Waals surface area contributed by atoms with E-state index in [1.807, 2.05) is 18.5 Å². The average molecular weight is 407 g/mol. The Labute approximate surface area is 153 Å². The van der Waals surface area contributed by atoms with Crippen LogP contribution in [0.2, 0.25) is 0 Å². The van der Waals surface area contributed by atoms with E-state index in [0.717, 1.165) is 21.3 Å². The van der Waals surface area contributed by atoms with Crippen LogP contribution in [0.4, 0.5) is 5.82 Å². The number of aromatic nitrogens is 1. The van der Waals surface area contributed by atoms with Crippen LogP contribution in [0.3, 0.4) is 0 Å². The number of anilines is 1. The lowest BCUT2D eigenvalue weighted by Crippen LogP contribution is -2.15. The van der Waals surface area contributed by atoms with Gasteiger partial charge < -0.3 is 25.3 Å². The van der Waals surface area contributed by atoms with Crippen molar-refractivity contribution in [1.29, 1.82) is 0 Å². The minimum absolute atomic E-state index is 0.0199. The van der Waals surface area contributed by atoms with Crippen LogP contribution in [0.15, 0.2) is 40.2 Å². The van der Waals surface area contributed by atoms with Gasteiger partial charge in [-0.15, -0.1) is 0 Å². The third-order valence-electron chi connectivity index (χ3n) is 4.67. The molecule has 2 heterocycles. The molecule has 0 saturated heterocycles. The Kier molecular flexibility index (Phi) is 4.28. The first-order chi connectivity index (χ1) is 11.7. The molecule has 2 unspecified atom stereocenters. The largest absolute Gasteiger partial charge is 0.508 e. The van der Waals surface area contributed by atoms with Crippen molar-refractivity contribution in [3.05, 3.63) is 45.8 Å². The molecule has 4 N–H and O–H groups in total. The molecule has 0 amide bonds. The van der Waals surface area contributed by atoms with Crippen LogP contribution in [0, 0.1) is 0 Å². The highest BCUT2D eigenvalue weighted by atomic mass is 79.9. The summed E-state index contributed by atoms with van der Waals surface area (Å²) in [6.07, 6.45) is -0.349. The minimum Gasteiger partial charge on any atom is -0.508 e. The van der Waals surface area contributed by atoms with Crippen LogP contribution < -0.4 is 5.73 Å². The van der Waals surface area contributed by atoms with Crippen molar-refractivity contribution in [2.24, 2.45) is 7.05 Å². The zero-order valence-electron chi connectivity index (χ0n) is 14.1. The van der Waals surface area contributed by atoms with Gasteiger partial charge in [-0.05, 0) is 53.0 Å². The Morgan fingerprint density at radius 1 is 1.32 bits per heavy atom. The van der Waals surface area contributed by atoms with E-state index in [0.29, 0.717) is 11.4 Å². The topological polar surface area (TPSA) is 97.7 Å². The number of carboxylic acids is 1. The van der Waals surface area contributed by atoms with E-state index >= 15 is 0 Å². The van der Waals surface area contributed by atoms with Crippen LogP contribution in [0.5, 0.6) is 5.75 Å². The number of nitrogen functional groups attached to an aromatic ring is 1. The quantitative estimate of drug-likeness (QED) is 0.722. The van der Waals surface area contributed by atoms with Gasteiger partial charge >= 0.3 is 5.97 Å². The highest BCUT2D eigenvalue weighted by Gasteiger charge is 2.39. The van der Waals surface area contributed by atoms with Crippen LogP contribution in [0.25, 0.3) is 11.1 Å². The molecule has 2 aromatic rings. The number of carbonyl (C=O) groups is 1. The maximum atomic E-state index is 11.4. The molecule has 0 radical (unpaired) electrons. The van der Waals surface area contributed by atoms with Crippen LogP contribution >= 0.6 is 15.9 Å². The molecule has 0 saturated carbocycles. The van der Waals surface area contributed by atoms with Crippen molar-refractivity contribution in [3.8, 4) is 16.9 Å². The third kappa shape index (κ3) is 2.68. The highest BCUT2D eigenvalue weighted by molar-refractivity contribution is 9.10. The van der Waals surface area contributed by atoms with Gasteiger partial charge in [0, 0.05) is 24.1 Å². The minimum atomic E-state index is -1.08. The van der Waals surface area contributed by atoms with E-state index in [4.69, 9.17) is 10.5 Å². The summed E-state index contributed by atoms with van der Waals surface area (Å²) in [6.45, 7) is 3.60. The van der Waals surface area contributed by atoms with Gasteiger partial charge in [-0.2, -0.15) is 0 Å². The number of nitrogens with zero attached hydrogens (tertiary/aromatic N) is 1. The summed E-state index contributed by atoms with van der Waals surface area (Å²) >= 11 is 3.59. The maximum absolute atomic E-state index is 11.4. The van der Waals surface area contributed by atoms with Crippen molar-refractivity contribution < 1.29 is 19.7 Å². The molecule has 3 rings (SSSR count). The summed E-state index contributed by atoms with van der Waals surface area (Å²) < 4.78 is 8.18. The molecule has 1 aromatic carbocycles. The predicted molar refractivity (Wildman–Crippen MR) is 98.3 cm³/mol. The number of aromatic hydroxyl groups is 1. The van der Waals surface area contributed by atoms with Crippen LogP contribution in [-0.2, 0) is 16.6 Å². The number of aliphatic carboxylic acids is 1. The zero-order valence-corrected chi connectivity index (χ0v) is 15.7. The molecular formula is C18H19BrN2O4. The number of nitrogens with two attached hydrogens (primary N) is 1. The Hall–Kier alpha value is -2.41. The number of ether oxygens (including phenoxy) is 1. The lowest BCUT2D eigenvalue weighted by atomic mass is 9.86. The average Bonchev–Trinajstić information content (AvgIpc) is 2.97. The molecule has 0 fully saturated rings. The molecule has 25 heavy (non-hydrogen) atoms. The van der Waals surface area contributed by atoms with E-state index < -0.39 is 5.97 Å². The fraction of sp³-hybridized carbons (Fsp3) is 0.278. The van der Waals surface area contributed by atoms with Crippen LogP contribution in [-0.4, -0.2) is 26.9 Å². The highest BCUT2D eigenvalue weighted by Crippen LogP contribution is 2.48. The van der Waals surface area contributed by atoms with E-state index in [1.54, 1.807) is 31.2 Å². The second-order valence-electron chi connectivity index (χ2n) is 6.19. The second-order valence-corrected chi connectivity index (χ2v) is 6.94. The zero-order chi connectivity index (χ0) is 18.5. The number of rotatable bonds is 3. The summed E-state index contributed by atoms with van der Waals surface area (Å²) in [5.74, 6) is -0.652. The fourth-order valence-corrected chi connectivity index (χ4v) is 4.05. The molecule has 1 aliphatic rings. The number of benzene rings is 1. The normalized spacial score (nSPS) is 20.0. The molecule has 1 aromatic heterocycles. The van der Waals surface area contributed by atoms with Gasteiger partial charge in [0.2, 0.25) is 5.76 Å². The SMILES string of the molecule is CC1=C(C(=O)O)OC(C)C1c1c(-c2ccc(O)cc2)c(Br)n(C)c1N. The first-order valence-corrected chi connectivity index (χ1v) is 8.57. The number of hydrogen-bond donors (Lipinski definition) is 3. The smallest absolute Gasteiger partial charge is 0.371 e. The van der Waals surface area contributed by atoms with E-state index in [-0.39, 0.29) is 23.5 Å². The van der Waals surface area contributed by atoms with Crippen molar-refractivity contribution in [2.75, 3.05) is 5.73 Å². The number of phenolic OH excluding ortho intramolecular Hbond substituents is 1. The number of phenols is 1. The van der Waals surface area contributed by atoms with Gasteiger partial charge in [-0.1, -0.05) is 12.1 Å². The number of hydrogen-bond acceptors (Lipinski definition) is 4. The molecule has 7 heteroatoms. The Bertz CT molecular complexity index is 883. The van der Waals surface area contributed by atoms with Gasteiger partial charge in [0.15, 0.2) is 0 Å². The molecule has 2 atom stereocenters. The maximum Gasteiger partial charge on any atom is 0.371 e. The molecule has 0 spiro atoms. The Balaban J connectivity index is 2.25. The summed E-state index contributed by atoms with van der Waals surface area (Å²) in [5.41, 5.74) is 9.56. The van der Waals surface area contributed by atoms with Crippen molar-refractivity contribution in [1.82, 2.24) is 4.57 Å². The molecule has 6 nitrogen and oxygen atoms in total. The van der Waals surface area contributed by atoms with Crippen molar-refractivity contribution in [3.63, 3.8) is 0 Å². The second kappa shape index (κ2) is 6.15. The summed E-state index contributed by atoms with van der Waals surface area (Å²) in [6, 6.07) is 6.81. The molecule has 0 aliphatic carbocycles. The third-order valence-corrected chi connectivity index (χ3v) is 5.59. The van der Waals surface area contributed by atoms with Crippen LogP contribution in [0.1, 0.15) is 25.3 Å². The molecular weight excluding hydrogens is 388 g/mol.